The lowest BCUT2D eigenvalue weighted by Gasteiger charge is -2.12. The number of methoxy groups -OCH3 is 1. The summed E-state index contributed by atoms with van der Waals surface area (Å²) in [6, 6.07) is 10.6. The van der Waals surface area contributed by atoms with E-state index in [0.29, 0.717) is 17.7 Å². The number of carbonyl (C=O) groups excluding carboxylic acids is 1. The molecule has 0 spiro atoms. The molecule has 0 aliphatic carbocycles. The number of carbonyl (C=O) groups is 1. The van der Waals surface area contributed by atoms with E-state index in [2.05, 4.69) is 15.2 Å². The molecule has 1 amide bonds. The van der Waals surface area contributed by atoms with E-state index in [4.69, 9.17) is 16.3 Å². The maximum atomic E-state index is 13.1. The molecule has 3 rings (SSSR count). The summed E-state index contributed by atoms with van der Waals surface area (Å²) in [5, 5.41) is 7.23. The first-order valence-electron chi connectivity index (χ1n) is 9.65. The molecule has 0 fully saturated rings. The fraction of sp³-hybridized carbons (Fsp3) is 0.273. The van der Waals surface area contributed by atoms with Crippen LogP contribution in [0.15, 0.2) is 42.5 Å². The van der Waals surface area contributed by atoms with Gasteiger partial charge >= 0.3 is 6.61 Å². The zero-order chi connectivity index (χ0) is 23.3. The normalized spacial score (nSPS) is 11.0. The molecule has 0 radical (unpaired) electrons. The monoisotopic (exact) mass is 467 g/mol. The minimum Gasteiger partial charge on any atom is -0.493 e. The van der Waals surface area contributed by atoms with Gasteiger partial charge < -0.3 is 14.8 Å². The summed E-state index contributed by atoms with van der Waals surface area (Å²) in [7, 11) is 1.36. The maximum Gasteiger partial charge on any atom is 0.387 e. The number of rotatable bonds is 9. The molecule has 0 bridgehead atoms. The Hall–Kier alpha value is -3.20. The van der Waals surface area contributed by atoms with Crippen molar-refractivity contribution in [3.8, 4) is 11.5 Å². The van der Waals surface area contributed by atoms with E-state index in [1.165, 1.54) is 36.1 Å². The molecule has 1 aromatic heterocycles. The number of halogens is 4. The summed E-state index contributed by atoms with van der Waals surface area (Å²) in [6.07, 6.45) is 0.371. The van der Waals surface area contributed by atoms with Gasteiger partial charge in [0.1, 0.15) is 11.0 Å². The summed E-state index contributed by atoms with van der Waals surface area (Å²) in [5.74, 6) is -0.641. The van der Waals surface area contributed by atoms with Gasteiger partial charge in [-0.05, 0) is 48.7 Å². The second kappa shape index (κ2) is 10.4. The number of alkyl halides is 2. The van der Waals surface area contributed by atoms with E-state index in [0.717, 1.165) is 5.56 Å². The molecule has 0 aliphatic rings. The Kier molecular flexibility index (Phi) is 7.63. The average Bonchev–Trinajstić information content (AvgIpc) is 3.02. The quantitative estimate of drug-likeness (QED) is 0.499. The van der Waals surface area contributed by atoms with Crippen LogP contribution >= 0.6 is 11.6 Å². The van der Waals surface area contributed by atoms with Crippen molar-refractivity contribution in [1.82, 2.24) is 15.1 Å². The van der Waals surface area contributed by atoms with E-state index in [1.807, 2.05) is 0 Å². The molecule has 3 aromatic rings. The van der Waals surface area contributed by atoms with Crippen molar-refractivity contribution in [3.63, 3.8) is 0 Å². The lowest BCUT2D eigenvalue weighted by molar-refractivity contribution is -0.0512. The molecule has 170 valence electrons. The Morgan fingerprint density at radius 1 is 1.16 bits per heavy atom. The third kappa shape index (κ3) is 5.73. The summed E-state index contributed by atoms with van der Waals surface area (Å²) in [4.78, 5) is 12.7. The summed E-state index contributed by atoms with van der Waals surface area (Å²) in [6.45, 7) is -0.792. The van der Waals surface area contributed by atoms with E-state index in [9.17, 15) is 18.0 Å². The number of hydrogen-bond acceptors (Lipinski definition) is 4. The molecule has 0 saturated carbocycles. The van der Waals surface area contributed by atoms with E-state index in [1.54, 1.807) is 25.1 Å². The largest absolute Gasteiger partial charge is 0.493 e. The van der Waals surface area contributed by atoms with Crippen LogP contribution in [0.5, 0.6) is 11.5 Å². The predicted octanol–water partition coefficient (Wildman–Crippen LogP) is 4.61. The van der Waals surface area contributed by atoms with Crippen LogP contribution in [0, 0.1) is 12.7 Å². The Morgan fingerprint density at radius 2 is 1.84 bits per heavy atom. The maximum absolute atomic E-state index is 13.1. The molecular formula is C22H21ClF3N3O3. The number of ether oxygens (including phenoxy) is 2. The van der Waals surface area contributed by atoms with Gasteiger partial charge in [-0.3, -0.25) is 4.79 Å². The molecule has 10 heteroatoms. The number of aryl methyl sites for hydroxylation is 1. The molecule has 6 nitrogen and oxygen atoms in total. The van der Waals surface area contributed by atoms with E-state index < -0.39 is 12.5 Å². The first kappa shape index (κ1) is 23.5. The van der Waals surface area contributed by atoms with Crippen molar-refractivity contribution in [2.24, 2.45) is 0 Å². The zero-order valence-corrected chi connectivity index (χ0v) is 18.1. The Balaban J connectivity index is 1.64. The molecule has 1 N–H and O–H groups in total. The van der Waals surface area contributed by atoms with Crippen LogP contribution in [-0.2, 0) is 13.0 Å². The molecule has 0 atom stereocenters. The first-order chi connectivity index (χ1) is 15.3. The standard InChI is InChI=1S/C22H21ClF3N3O3/c1-13-19(20(23)29(28-13)12-15-3-6-16(24)7-4-15)21(30)27-10-9-14-5-8-17(31-2)18(11-14)32-22(25)26/h3-8,11,22H,9-10,12H2,1-2H3,(H,27,30). The number of hydrogen-bond donors (Lipinski definition) is 1. The zero-order valence-electron chi connectivity index (χ0n) is 17.4. The third-order valence-electron chi connectivity index (χ3n) is 4.68. The van der Waals surface area contributed by atoms with Gasteiger partial charge in [-0.15, -0.1) is 0 Å². The number of aromatic nitrogens is 2. The van der Waals surface area contributed by atoms with Crippen LogP contribution in [0.4, 0.5) is 13.2 Å². The highest BCUT2D eigenvalue weighted by Gasteiger charge is 2.20. The van der Waals surface area contributed by atoms with Crippen LogP contribution in [-0.4, -0.2) is 36.0 Å². The van der Waals surface area contributed by atoms with Gasteiger partial charge in [0.25, 0.3) is 5.91 Å². The molecule has 0 unspecified atom stereocenters. The smallest absolute Gasteiger partial charge is 0.387 e. The Bertz CT molecular complexity index is 1090. The minimum absolute atomic E-state index is 0.0766. The first-order valence-corrected chi connectivity index (χ1v) is 10.0. The molecule has 1 heterocycles. The molecule has 2 aromatic carbocycles. The van der Waals surface area contributed by atoms with Gasteiger partial charge in [0, 0.05) is 6.54 Å². The van der Waals surface area contributed by atoms with Crippen molar-refractivity contribution in [1.29, 1.82) is 0 Å². The summed E-state index contributed by atoms with van der Waals surface area (Å²) in [5.41, 5.74) is 2.15. The molecular weight excluding hydrogens is 447 g/mol. The van der Waals surface area contributed by atoms with Crippen molar-refractivity contribution < 1.29 is 27.4 Å². The number of amides is 1. The fourth-order valence-corrected chi connectivity index (χ4v) is 3.47. The highest BCUT2D eigenvalue weighted by molar-refractivity contribution is 6.33. The van der Waals surface area contributed by atoms with Crippen molar-refractivity contribution in [2.45, 2.75) is 26.5 Å². The van der Waals surface area contributed by atoms with Crippen LogP contribution < -0.4 is 14.8 Å². The van der Waals surface area contributed by atoms with Crippen LogP contribution in [0.1, 0.15) is 27.2 Å². The lowest BCUT2D eigenvalue weighted by atomic mass is 10.1. The van der Waals surface area contributed by atoms with Gasteiger partial charge in [0.2, 0.25) is 0 Å². The van der Waals surface area contributed by atoms with Gasteiger partial charge in [0.05, 0.1) is 24.9 Å². The SMILES string of the molecule is COc1ccc(CCNC(=O)c2c(C)nn(Cc3ccc(F)cc3)c2Cl)cc1OC(F)F. The van der Waals surface area contributed by atoms with Crippen LogP contribution in [0.25, 0.3) is 0 Å². The van der Waals surface area contributed by atoms with Crippen molar-refractivity contribution in [2.75, 3.05) is 13.7 Å². The topological polar surface area (TPSA) is 65.4 Å². The van der Waals surface area contributed by atoms with Crippen LogP contribution in [0.3, 0.4) is 0 Å². The number of nitrogens with zero attached hydrogens (tertiary/aromatic N) is 2. The van der Waals surface area contributed by atoms with Crippen molar-refractivity contribution >= 4 is 17.5 Å². The average molecular weight is 468 g/mol. The third-order valence-corrected chi connectivity index (χ3v) is 5.07. The molecule has 0 saturated heterocycles. The molecule has 0 aliphatic heterocycles. The second-order valence-corrected chi connectivity index (χ2v) is 7.26. The minimum atomic E-state index is -2.98. The summed E-state index contributed by atoms with van der Waals surface area (Å²) < 4.78 is 49.2. The summed E-state index contributed by atoms with van der Waals surface area (Å²) >= 11 is 6.37. The van der Waals surface area contributed by atoms with Gasteiger partial charge in [-0.2, -0.15) is 13.9 Å². The van der Waals surface area contributed by atoms with Gasteiger partial charge in [-0.1, -0.05) is 29.8 Å². The molecule has 32 heavy (non-hydrogen) atoms. The van der Waals surface area contributed by atoms with Crippen molar-refractivity contribution in [3.05, 3.63) is 75.8 Å². The Labute approximate surface area is 187 Å². The van der Waals surface area contributed by atoms with Crippen LogP contribution in [0.2, 0.25) is 5.15 Å². The second-order valence-electron chi connectivity index (χ2n) is 6.90. The van der Waals surface area contributed by atoms with Gasteiger partial charge in [-0.25, -0.2) is 9.07 Å². The lowest BCUT2D eigenvalue weighted by Crippen LogP contribution is -2.26. The number of nitrogens with one attached hydrogen (secondary N) is 1. The van der Waals surface area contributed by atoms with Gasteiger partial charge in [0.15, 0.2) is 11.5 Å². The predicted molar refractivity (Wildman–Crippen MR) is 113 cm³/mol. The Morgan fingerprint density at radius 3 is 2.50 bits per heavy atom. The van der Waals surface area contributed by atoms with E-state index in [-0.39, 0.29) is 41.1 Å². The van der Waals surface area contributed by atoms with E-state index >= 15 is 0 Å². The highest BCUT2D eigenvalue weighted by atomic mass is 35.5. The number of benzene rings is 2. The highest BCUT2D eigenvalue weighted by Crippen LogP contribution is 2.29. The fourth-order valence-electron chi connectivity index (χ4n) is 3.15.